The van der Waals surface area contributed by atoms with Crippen LogP contribution in [-0.4, -0.2) is 68.9 Å². The van der Waals surface area contributed by atoms with Crippen LogP contribution in [0.2, 0.25) is 0 Å². The number of ether oxygens (including phenoxy) is 3. The van der Waals surface area contributed by atoms with Crippen LogP contribution in [0.25, 0.3) is 11.2 Å². The zero-order chi connectivity index (χ0) is 28.8. The molecule has 0 aliphatic carbocycles. The molecular weight excluding hydrogens is 565 g/mol. The number of nitrogens with two attached hydrogens (primary N) is 1. The molecule has 12 nitrogen and oxygen atoms in total. The van der Waals surface area contributed by atoms with Crippen LogP contribution in [0.4, 0.5) is 5.82 Å². The van der Waals surface area contributed by atoms with Crippen molar-refractivity contribution in [2.45, 2.75) is 66.7 Å². The summed E-state index contributed by atoms with van der Waals surface area (Å²) in [6.45, 7) is 11.0. The number of anilines is 1. The number of nitrogens with zero attached hydrogens (tertiary/aromatic N) is 4. The monoisotopic (exact) mass is 603 g/mol. The number of carbonyl (C=O) groups excluding carboxylic acids is 2. The molecule has 2 aromatic heterocycles. The van der Waals surface area contributed by atoms with Crippen LogP contribution < -0.4 is 5.73 Å². The standard InChI is InChI=1S/C24H38N5O7PS2/c1-23(2,3)21(30)33-9-11-38-37(32,39-12-10-34-22(31)24(4,5)6)35-13-16-7-8-17(36-16)29-15-28-18-19(25)26-14-27-20(18)29/h14-17H,7-13H2,1-6H3,(H2,25,26,27). The lowest BCUT2D eigenvalue weighted by Crippen LogP contribution is -2.24. The fourth-order valence-electron chi connectivity index (χ4n) is 3.38. The van der Waals surface area contributed by atoms with Crippen molar-refractivity contribution in [1.29, 1.82) is 0 Å². The molecule has 218 valence electrons. The summed E-state index contributed by atoms with van der Waals surface area (Å²) >= 11 is 2.21. The van der Waals surface area contributed by atoms with Gasteiger partial charge in [-0.2, -0.15) is 0 Å². The van der Waals surface area contributed by atoms with E-state index in [1.807, 2.05) is 4.57 Å². The number of nitrogen functional groups attached to an aromatic ring is 1. The summed E-state index contributed by atoms with van der Waals surface area (Å²) in [5.41, 5.74) is 5.74. The van der Waals surface area contributed by atoms with Gasteiger partial charge in [-0.1, -0.05) is 22.8 Å². The van der Waals surface area contributed by atoms with E-state index in [9.17, 15) is 14.2 Å². The summed E-state index contributed by atoms with van der Waals surface area (Å²) in [6.07, 6.45) is 3.78. The number of aromatic nitrogens is 4. The molecule has 0 aromatic carbocycles. The number of rotatable bonds is 12. The van der Waals surface area contributed by atoms with Gasteiger partial charge < -0.3 is 24.5 Å². The summed E-state index contributed by atoms with van der Waals surface area (Å²) in [6, 6.07) is 0. The minimum atomic E-state index is -3.28. The molecule has 3 heterocycles. The number of fused-ring (bicyclic) bond motifs is 1. The maximum Gasteiger partial charge on any atom is 0.313 e. The molecule has 0 bridgehead atoms. The molecule has 1 aliphatic rings. The molecule has 0 radical (unpaired) electrons. The SMILES string of the molecule is CC(C)(C)C(=O)OCCSP(=O)(OCC1CCC(n2cnc3c(N)ncnc32)O1)SCCOC(=O)C(C)(C)C. The Balaban J connectivity index is 1.55. The van der Waals surface area contributed by atoms with Crippen molar-refractivity contribution < 1.29 is 32.9 Å². The van der Waals surface area contributed by atoms with Gasteiger partial charge in [0.15, 0.2) is 11.5 Å². The van der Waals surface area contributed by atoms with Crippen LogP contribution in [0.1, 0.15) is 60.6 Å². The van der Waals surface area contributed by atoms with E-state index in [1.54, 1.807) is 47.9 Å². The molecule has 1 fully saturated rings. The summed E-state index contributed by atoms with van der Waals surface area (Å²) < 4.78 is 38.2. The van der Waals surface area contributed by atoms with Crippen LogP contribution in [0.5, 0.6) is 0 Å². The van der Waals surface area contributed by atoms with Gasteiger partial charge in [-0.25, -0.2) is 15.0 Å². The van der Waals surface area contributed by atoms with E-state index in [4.69, 9.17) is 24.5 Å². The Labute approximate surface area is 236 Å². The van der Waals surface area contributed by atoms with E-state index in [2.05, 4.69) is 15.0 Å². The molecule has 2 atom stereocenters. The van der Waals surface area contributed by atoms with Gasteiger partial charge in [0.2, 0.25) is 0 Å². The molecule has 2 aromatic rings. The maximum absolute atomic E-state index is 13.7. The van der Waals surface area contributed by atoms with Crippen molar-refractivity contribution >= 4 is 57.5 Å². The van der Waals surface area contributed by atoms with Crippen LogP contribution >= 0.6 is 28.5 Å². The molecule has 39 heavy (non-hydrogen) atoms. The van der Waals surface area contributed by atoms with Crippen LogP contribution in [0.3, 0.4) is 0 Å². The molecule has 2 unspecified atom stereocenters. The highest BCUT2D eigenvalue weighted by Crippen LogP contribution is 2.69. The first-order valence-corrected chi connectivity index (χ1v) is 17.5. The van der Waals surface area contributed by atoms with Gasteiger partial charge in [0.1, 0.15) is 31.3 Å². The first-order chi connectivity index (χ1) is 18.2. The second kappa shape index (κ2) is 13.2. The molecule has 3 rings (SSSR count). The average Bonchev–Trinajstić information content (AvgIpc) is 3.49. The first-order valence-electron chi connectivity index (χ1n) is 12.7. The quantitative estimate of drug-likeness (QED) is 0.199. The van der Waals surface area contributed by atoms with Crippen LogP contribution in [-0.2, 0) is 32.9 Å². The van der Waals surface area contributed by atoms with Crippen molar-refractivity contribution in [2.24, 2.45) is 10.8 Å². The Morgan fingerprint density at radius 3 is 2.18 bits per heavy atom. The zero-order valence-electron chi connectivity index (χ0n) is 23.2. The van der Waals surface area contributed by atoms with Crippen molar-refractivity contribution in [2.75, 3.05) is 37.1 Å². The van der Waals surface area contributed by atoms with Gasteiger partial charge in [-0.05, 0) is 54.4 Å². The van der Waals surface area contributed by atoms with Crippen molar-refractivity contribution in [3.05, 3.63) is 12.7 Å². The van der Waals surface area contributed by atoms with Gasteiger partial charge in [-0.3, -0.25) is 18.7 Å². The molecule has 0 spiro atoms. The third kappa shape index (κ3) is 9.07. The van der Waals surface area contributed by atoms with Gasteiger partial charge in [0, 0.05) is 11.5 Å². The van der Waals surface area contributed by atoms with Crippen molar-refractivity contribution in [1.82, 2.24) is 19.5 Å². The lowest BCUT2D eigenvalue weighted by molar-refractivity contribution is -0.152. The van der Waals surface area contributed by atoms with Gasteiger partial charge in [0.05, 0.1) is 29.9 Å². The number of esters is 2. The predicted molar refractivity (Wildman–Crippen MR) is 152 cm³/mol. The fraction of sp³-hybridized carbons (Fsp3) is 0.708. The van der Waals surface area contributed by atoms with E-state index in [0.29, 0.717) is 41.3 Å². The third-order valence-electron chi connectivity index (χ3n) is 5.56. The van der Waals surface area contributed by atoms with E-state index in [-0.39, 0.29) is 44.1 Å². The third-order valence-corrected chi connectivity index (χ3v) is 12.9. The Morgan fingerprint density at radius 2 is 1.62 bits per heavy atom. The van der Waals surface area contributed by atoms with Gasteiger partial charge >= 0.3 is 17.7 Å². The molecule has 15 heteroatoms. The number of hydrogen-bond acceptors (Lipinski definition) is 13. The molecule has 0 saturated carbocycles. The number of imidazole rings is 1. The number of carbonyl (C=O) groups is 2. The Morgan fingerprint density at radius 1 is 1.03 bits per heavy atom. The Bertz CT molecular complexity index is 1160. The molecule has 1 saturated heterocycles. The van der Waals surface area contributed by atoms with E-state index in [0.717, 1.165) is 22.8 Å². The molecular formula is C24H38N5O7PS2. The highest BCUT2D eigenvalue weighted by atomic mass is 33.1. The minimum Gasteiger partial charge on any atom is -0.464 e. The predicted octanol–water partition coefficient (Wildman–Crippen LogP) is 4.86. The molecule has 0 amide bonds. The lowest BCUT2D eigenvalue weighted by atomic mass is 9.97. The lowest BCUT2D eigenvalue weighted by Gasteiger charge is -2.21. The summed E-state index contributed by atoms with van der Waals surface area (Å²) in [7, 11) is 0. The number of hydrogen-bond donors (Lipinski definition) is 1. The Kier molecular flexibility index (Phi) is 10.7. The van der Waals surface area contributed by atoms with E-state index >= 15 is 0 Å². The molecule has 2 N–H and O–H groups in total. The first kappa shape index (κ1) is 31.7. The highest BCUT2D eigenvalue weighted by molar-refractivity contribution is 8.89. The zero-order valence-corrected chi connectivity index (χ0v) is 25.8. The van der Waals surface area contributed by atoms with Gasteiger partial charge in [-0.15, -0.1) is 0 Å². The van der Waals surface area contributed by atoms with Crippen molar-refractivity contribution in [3.63, 3.8) is 0 Å². The highest BCUT2D eigenvalue weighted by Gasteiger charge is 2.33. The largest absolute Gasteiger partial charge is 0.464 e. The normalized spacial score (nSPS) is 18.4. The fourth-order valence-corrected chi connectivity index (χ4v) is 9.55. The van der Waals surface area contributed by atoms with Gasteiger partial charge in [0.25, 0.3) is 0 Å². The van der Waals surface area contributed by atoms with Crippen LogP contribution in [0.15, 0.2) is 12.7 Å². The summed E-state index contributed by atoms with van der Waals surface area (Å²) in [5, 5.41) is 0. The maximum atomic E-state index is 13.7. The smallest absolute Gasteiger partial charge is 0.313 e. The summed E-state index contributed by atoms with van der Waals surface area (Å²) in [5.74, 6) is -3.05. The topological polar surface area (TPSA) is 158 Å². The minimum absolute atomic E-state index is 0.106. The second-order valence-electron chi connectivity index (χ2n) is 11.1. The Hall–Kier alpha value is -1.86. The van der Waals surface area contributed by atoms with Crippen molar-refractivity contribution in [3.8, 4) is 0 Å². The van der Waals surface area contributed by atoms with E-state index in [1.165, 1.54) is 6.33 Å². The second-order valence-corrected chi connectivity index (χ2v) is 18.7. The van der Waals surface area contributed by atoms with Crippen LogP contribution in [0, 0.1) is 10.8 Å². The van der Waals surface area contributed by atoms with E-state index < -0.39 is 16.6 Å². The average molecular weight is 604 g/mol. The molecule has 1 aliphatic heterocycles. The summed E-state index contributed by atoms with van der Waals surface area (Å²) in [4.78, 5) is 36.6.